The molecule has 1 saturated carbocycles. The lowest BCUT2D eigenvalue weighted by Gasteiger charge is -2.42. The Labute approximate surface area is 124 Å². The Morgan fingerprint density at radius 3 is 2.14 bits per heavy atom. The third-order valence-electron chi connectivity index (χ3n) is 4.27. The Hall–Kier alpha value is -2.13. The van der Waals surface area contributed by atoms with Crippen molar-refractivity contribution >= 4 is 11.5 Å². The second-order valence-electron chi connectivity index (χ2n) is 5.50. The average Bonchev–Trinajstić information content (AvgIpc) is 2.56. The van der Waals surface area contributed by atoms with Gasteiger partial charge in [-0.15, -0.1) is 0 Å². The van der Waals surface area contributed by atoms with E-state index in [1.165, 1.54) is 5.06 Å². The van der Waals surface area contributed by atoms with Crippen LogP contribution in [0.15, 0.2) is 60.7 Å². The molecule has 0 heterocycles. The number of nitrogens with zero attached hydrogens (tertiary/aromatic N) is 1. The largest absolute Gasteiger partial charge is 0.297 e. The van der Waals surface area contributed by atoms with Crippen LogP contribution in [0.3, 0.4) is 0 Å². The lowest BCUT2D eigenvalue weighted by molar-refractivity contribution is -0.129. The number of Topliss-reactive ketones (excluding diaryl/α,β-unsaturated/α-hetero) is 1. The van der Waals surface area contributed by atoms with Crippen molar-refractivity contribution in [2.24, 2.45) is 0 Å². The third kappa shape index (κ3) is 2.34. The molecule has 0 saturated heterocycles. The Morgan fingerprint density at radius 1 is 0.905 bits per heavy atom. The molecule has 2 aromatic rings. The molecular weight excluding hydrogens is 262 g/mol. The highest BCUT2D eigenvalue weighted by molar-refractivity contribution is 5.93. The van der Waals surface area contributed by atoms with Gasteiger partial charge in [0.2, 0.25) is 0 Å². The van der Waals surface area contributed by atoms with Crippen molar-refractivity contribution in [2.45, 2.75) is 31.2 Å². The van der Waals surface area contributed by atoms with Gasteiger partial charge in [-0.05, 0) is 37.0 Å². The predicted molar refractivity (Wildman–Crippen MR) is 82.3 cm³/mol. The van der Waals surface area contributed by atoms with E-state index in [0.717, 1.165) is 18.4 Å². The lowest BCUT2D eigenvalue weighted by atomic mass is 9.75. The van der Waals surface area contributed by atoms with E-state index in [9.17, 15) is 10.0 Å². The fourth-order valence-corrected chi connectivity index (χ4v) is 3.17. The molecule has 21 heavy (non-hydrogen) atoms. The standard InChI is InChI=1S/C18H19NO2/c20-17-13-7-8-14-18(17,15-9-3-1-4-10-15)19(21)16-11-5-2-6-12-16/h1-6,9-12,21H,7-8,13-14H2. The van der Waals surface area contributed by atoms with Gasteiger partial charge in [0.1, 0.15) is 5.54 Å². The Balaban J connectivity index is 2.11. The molecule has 0 aromatic heterocycles. The molecule has 1 N–H and O–H groups in total. The van der Waals surface area contributed by atoms with Crippen LogP contribution >= 0.6 is 0 Å². The van der Waals surface area contributed by atoms with Crippen molar-refractivity contribution in [3.63, 3.8) is 0 Å². The fraction of sp³-hybridized carbons (Fsp3) is 0.278. The minimum Gasteiger partial charge on any atom is -0.297 e. The average molecular weight is 281 g/mol. The molecule has 2 aromatic carbocycles. The van der Waals surface area contributed by atoms with Crippen LogP contribution in [0.25, 0.3) is 0 Å². The SMILES string of the molecule is O=C1CCCCC1(c1ccccc1)N(O)c1ccccc1. The van der Waals surface area contributed by atoms with Gasteiger partial charge >= 0.3 is 0 Å². The van der Waals surface area contributed by atoms with Crippen LogP contribution in [-0.2, 0) is 10.3 Å². The first kappa shape index (κ1) is 13.8. The number of hydroxylamine groups is 1. The topological polar surface area (TPSA) is 40.5 Å². The van der Waals surface area contributed by atoms with Crippen LogP contribution in [0.2, 0.25) is 0 Å². The van der Waals surface area contributed by atoms with Crippen LogP contribution in [0.4, 0.5) is 5.69 Å². The summed E-state index contributed by atoms with van der Waals surface area (Å²) in [6.07, 6.45) is 2.99. The smallest absolute Gasteiger partial charge is 0.165 e. The molecule has 108 valence electrons. The van der Waals surface area contributed by atoms with Crippen LogP contribution in [0.1, 0.15) is 31.2 Å². The van der Waals surface area contributed by atoms with Gasteiger partial charge < -0.3 is 0 Å². The number of hydrogen-bond donors (Lipinski definition) is 1. The summed E-state index contributed by atoms with van der Waals surface area (Å²) in [6, 6.07) is 18.9. The maximum absolute atomic E-state index is 12.7. The van der Waals surface area contributed by atoms with E-state index in [-0.39, 0.29) is 5.78 Å². The highest BCUT2D eigenvalue weighted by Crippen LogP contribution is 2.41. The monoisotopic (exact) mass is 281 g/mol. The molecule has 0 radical (unpaired) electrons. The summed E-state index contributed by atoms with van der Waals surface area (Å²) in [5.41, 5.74) is 0.554. The first-order valence-corrected chi connectivity index (χ1v) is 7.38. The Morgan fingerprint density at radius 2 is 1.52 bits per heavy atom. The van der Waals surface area contributed by atoms with Gasteiger partial charge in [-0.1, -0.05) is 48.5 Å². The highest BCUT2D eigenvalue weighted by Gasteiger charge is 2.46. The maximum atomic E-state index is 12.7. The minimum atomic E-state index is -0.957. The van der Waals surface area contributed by atoms with Crippen molar-refractivity contribution in [2.75, 3.05) is 5.06 Å². The zero-order valence-electron chi connectivity index (χ0n) is 11.9. The lowest BCUT2D eigenvalue weighted by Crippen LogP contribution is -2.52. The van der Waals surface area contributed by atoms with Gasteiger partial charge in [0.05, 0.1) is 5.69 Å². The highest BCUT2D eigenvalue weighted by atomic mass is 16.5. The van der Waals surface area contributed by atoms with Crippen molar-refractivity contribution in [3.8, 4) is 0 Å². The quantitative estimate of drug-likeness (QED) is 0.867. The molecule has 3 rings (SSSR count). The van der Waals surface area contributed by atoms with E-state index in [1.54, 1.807) is 0 Å². The summed E-state index contributed by atoms with van der Waals surface area (Å²) in [5, 5.41) is 12.0. The van der Waals surface area contributed by atoms with Gasteiger partial charge in [0.25, 0.3) is 0 Å². The number of carbonyl (C=O) groups excluding carboxylic acids is 1. The molecular formula is C18H19NO2. The third-order valence-corrected chi connectivity index (χ3v) is 4.27. The van der Waals surface area contributed by atoms with E-state index in [1.807, 2.05) is 60.7 Å². The molecule has 3 heteroatoms. The molecule has 1 fully saturated rings. The zero-order chi connectivity index (χ0) is 14.7. The summed E-state index contributed by atoms with van der Waals surface area (Å²) in [5.74, 6) is 0.0892. The van der Waals surface area contributed by atoms with Gasteiger partial charge in [-0.3, -0.25) is 10.0 Å². The van der Waals surface area contributed by atoms with Gasteiger partial charge in [0.15, 0.2) is 5.78 Å². The summed E-state index contributed by atoms with van der Waals surface area (Å²) >= 11 is 0. The normalized spacial score (nSPS) is 22.0. The van der Waals surface area contributed by atoms with Crippen LogP contribution in [0, 0.1) is 0 Å². The Bertz CT molecular complexity index is 612. The van der Waals surface area contributed by atoms with E-state index in [4.69, 9.17) is 0 Å². The van der Waals surface area contributed by atoms with Gasteiger partial charge in [-0.25, -0.2) is 5.06 Å². The van der Waals surface area contributed by atoms with Crippen molar-refractivity contribution < 1.29 is 10.0 Å². The Kier molecular flexibility index (Phi) is 3.76. The van der Waals surface area contributed by atoms with E-state index < -0.39 is 5.54 Å². The van der Waals surface area contributed by atoms with E-state index in [2.05, 4.69) is 0 Å². The number of carbonyl (C=O) groups is 1. The zero-order valence-corrected chi connectivity index (χ0v) is 11.9. The van der Waals surface area contributed by atoms with Crippen molar-refractivity contribution in [1.29, 1.82) is 0 Å². The van der Waals surface area contributed by atoms with E-state index >= 15 is 0 Å². The first-order chi connectivity index (χ1) is 10.2. The van der Waals surface area contributed by atoms with E-state index in [0.29, 0.717) is 18.5 Å². The molecule has 3 nitrogen and oxygen atoms in total. The molecule has 1 unspecified atom stereocenters. The number of hydrogen-bond acceptors (Lipinski definition) is 3. The number of para-hydroxylation sites is 1. The molecule has 1 atom stereocenters. The second kappa shape index (κ2) is 5.70. The summed E-state index contributed by atoms with van der Waals surface area (Å²) in [4.78, 5) is 12.7. The van der Waals surface area contributed by atoms with Crippen LogP contribution in [-0.4, -0.2) is 11.0 Å². The second-order valence-corrected chi connectivity index (χ2v) is 5.50. The molecule has 0 aliphatic heterocycles. The first-order valence-electron chi connectivity index (χ1n) is 7.38. The summed E-state index contributed by atoms with van der Waals surface area (Å²) in [6.45, 7) is 0. The molecule has 0 amide bonds. The number of anilines is 1. The van der Waals surface area contributed by atoms with Gasteiger partial charge in [0, 0.05) is 6.42 Å². The number of benzene rings is 2. The molecule has 1 aliphatic carbocycles. The van der Waals surface area contributed by atoms with Crippen molar-refractivity contribution in [3.05, 3.63) is 66.2 Å². The summed E-state index contributed by atoms with van der Waals surface area (Å²) < 4.78 is 0. The van der Waals surface area contributed by atoms with Crippen molar-refractivity contribution in [1.82, 2.24) is 0 Å². The molecule has 1 aliphatic rings. The fourth-order valence-electron chi connectivity index (χ4n) is 3.17. The number of rotatable bonds is 3. The maximum Gasteiger partial charge on any atom is 0.165 e. The summed E-state index contributed by atoms with van der Waals surface area (Å²) in [7, 11) is 0. The minimum absolute atomic E-state index is 0.0892. The molecule has 0 spiro atoms. The molecule has 0 bridgehead atoms. The van der Waals surface area contributed by atoms with Gasteiger partial charge in [-0.2, -0.15) is 0 Å². The number of ketones is 1. The van der Waals surface area contributed by atoms with Crippen LogP contribution < -0.4 is 5.06 Å². The van der Waals surface area contributed by atoms with Crippen LogP contribution in [0.5, 0.6) is 0 Å². The predicted octanol–water partition coefficient (Wildman–Crippen LogP) is 3.92.